The predicted octanol–water partition coefficient (Wildman–Crippen LogP) is 2.93. The lowest BCUT2D eigenvalue weighted by Crippen LogP contribution is -2.32. The summed E-state index contributed by atoms with van der Waals surface area (Å²) in [4.78, 5) is 10.7. The molecule has 2 aromatic heterocycles. The lowest BCUT2D eigenvalue weighted by molar-refractivity contribution is 0.192. The molecule has 30 heavy (non-hydrogen) atoms. The average Bonchev–Trinajstić information content (AvgIpc) is 3.30. The van der Waals surface area contributed by atoms with Crippen molar-refractivity contribution >= 4 is 0 Å². The molecule has 1 aliphatic rings. The quantitative estimate of drug-likeness (QED) is 0.581. The van der Waals surface area contributed by atoms with Crippen LogP contribution >= 0.6 is 0 Å². The molecule has 0 atom stereocenters. The number of nitrogens with zero attached hydrogens (tertiary/aromatic N) is 5. The highest BCUT2D eigenvalue weighted by molar-refractivity contribution is 5.53. The van der Waals surface area contributed by atoms with Gasteiger partial charge in [0.15, 0.2) is 11.5 Å². The van der Waals surface area contributed by atoms with Crippen molar-refractivity contribution < 1.29 is 18.6 Å². The Labute approximate surface area is 175 Å². The van der Waals surface area contributed by atoms with Gasteiger partial charge in [-0.15, -0.1) is 10.2 Å². The maximum absolute atomic E-state index is 5.86. The molecule has 9 nitrogen and oxygen atoms in total. The van der Waals surface area contributed by atoms with E-state index in [0.717, 1.165) is 38.0 Å². The smallest absolute Gasteiger partial charge is 0.267 e. The van der Waals surface area contributed by atoms with E-state index in [4.69, 9.17) is 18.6 Å². The van der Waals surface area contributed by atoms with E-state index in [-0.39, 0.29) is 5.92 Å². The van der Waals surface area contributed by atoms with Gasteiger partial charge in [0.05, 0.1) is 27.5 Å². The molecule has 3 heterocycles. The summed E-state index contributed by atoms with van der Waals surface area (Å²) in [6.07, 6.45) is 6.75. The summed E-state index contributed by atoms with van der Waals surface area (Å²) in [6.45, 7) is 2.67. The number of ether oxygens (including phenoxy) is 3. The lowest BCUT2D eigenvalue weighted by Gasteiger charge is -2.30. The number of hydrogen-bond acceptors (Lipinski definition) is 9. The monoisotopic (exact) mass is 411 g/mol. The molecule has 158 valence electrons. The molecule has 9 heteroatoms. The van der Waals surface area contributed by atoms with Crippen molar-refractivity contribution in [3.8, 4) is 28.8 Å². The van der Waals surface area contributed by atoms with E-state index in [2.05, 4.69) is 25.1 Å². The highest BCUT2D eigenvalue weighted by Crippen LogP contribution is 2.39. The number of methoxy groups -OCH3 is 3. The van der Waals surface area contributed by atoms with Crippen molar-refractivity contribution in [3.63, 3.8) is 0 Å². The van der Waals surface area contributed by atoms with Gasteiger partial charge in [0.2, 0.25) is 11.6 Å². The molecule has 1 aliphatic heterocycles. The van der Waals surface area contributed by atoms with Crippen LogP contribution in [0.25, 0.3) is 11.6 Å². The van der Waals surface area contributed by atoms with Gasteiger partial charge < -0.3 is 18.6 Å². The first-order chi connectivity index (χ1) is 14.7. The van der Waals surface area contributed by atoms with Gasteiger partial charge in [-0.25, -0.2) is 4.98 Å². The number of likely N-dealkylation sites (tertiary alicyclic amines) is 1. The molecular weight excluding hydrogens is 386 g/mol. The minimum absolute atomic E-state index is 0.249. The SMILES string of the molecule is COc1cc(CN2CCC(c3nnc(-c4cnccn4)o3)CC2)cc(OC)c1OC. The fourth-order valence-electron chi connectivity index (χ4n) is 3.74. The number of benzene rings is 1. The van der Waals surface area contributed by atoms with E-state index in [0.29, 0.717) is 34.7 Å². The van der Waals surface area contributed by atoms with Crippen molar-refractivity contribution in [2.24, 2.45) is 0 Å². The molecule has 0 unspecified atom stereocenters. The Balaban J connectivity index is 1.39. The fraction of sp³-hybridized carbons (Fsp3) is 0.429. The minimum Gasteiger partial charge on any atom is -0.493 e. The van der Waals surface area contributed by atoms with E-state index in [1.807, 2.05) is 12.1 Å². The van der Waals surface area contributed by atoms with Gasteiger partial charge in [-0.3, -0.25) is 9.88 Å². The molecule has 0 amide bonds. The van der Waals surface area contributed by atoms with E-state index >= 15 is 0 Å². The molecule has 1 fully saturated rings. The summed E-state index contributed by atoms with van der Waals surface area (Å²) < 4.78 is 22.2. The zero-order valence-electron chi connectivity index (χ0n) is 17.4. The Morgan fingerprint density at radius 1 is 1.00 bits per heavy atom. The van der Waals surface area contributed by atoms with E-state index in [9.17, 15) is 0 Å². The maximum atomic E-state index is 5.86. The van der Waals surface area contributed by atoms with Gasteiger partial charge in [0, 0.05) is 24.9 Å². The highest BCUT2D eigenvalue weighted by atomic mass is 16.5. The molecule has 0 N–H and O–H groups in total. The van der Waals surface area contributed by atoms with Crippen LogP contribution in [0.2, 0.25) is 0 Å². The van der Waals surface area contributed by atoms with Crippen molar-refractivity contribution in [1.29, 1.82) is 0 Å². The third kappa shape index (κ3) is 4.20. The second-order valence-corrected chi connectivity index (χ2v) is 7.12. The van der Waals surface area contributed by atoms with Crippen LogP contribution < -0.4 is 14.2 Å². The second kappa shape index (κ2) is 9.08. The topological polar surface area (TPSA) is 95.6 Å². The summed E-state index contributed by atoms with van der Waals surface area (Å²) in [7, 11) is 4.87. The fourth-order valence-corrected chi connectivity index (χ4v) is 3.74. The van der Waals surface area contributed by atoms with Crippen LogP contribution in [-0.4, -0.2) is 59.5 Å². The van der Waals surface area contributed by atoms with Crippen LogP contribution in [0.3, 0.4) is 0 Å². The summed E-state index contributed by atoms with van der Waals surface area (Å²) >= 11 is 0. The largest absolute Gasteiger partial charge is 0.493 e. The average molecular weight is 411 g/mol. The van der Waals surface area contributed by atoms with Gasteiger partial charge in [-0.05, 0) is 43.6 Å². The van der Waals surface area contributed by atoms with Gasteiger partial charge >= 0.3 is 0 Å². The van der Waals surface area contributed by atoms with Gasteiger partial charge in [-0.1, -0.05) is 0 Å². The number of piperidine rings is 1. The van der Waals surface area contributed by atoms with Crippen LogP contribution in [0.5, 0.6) is 17.2 Å². The first-order valence-electron chi connectivity index (χ1n) is 9.82. The Morgan fingerprint density at radius 2 is 1.73 bits per heavy atom. The minimum atomic E-state index is 0.249. The summed E-state index contributed by atoms with van der Waals surface area (Å²) in [5.74, 6) is 3.28. The van der Waals surface area contributed by atoms with Crippen molar-refractivity contribution in [2.45, 2.75) is 25.3 Å². The van der Waals surface area contributed by atoms with Crippen LogP contribution in [-0.2, 0) is 6.54 Å². The van der Waals surface area contributed by atoms with Crippen LogP contribution in [0.1, 0.15) is 30.2 Å². The van der Waals surface area contributed by atoms with Crippen LogP contribution in [0.15, 0.2) is 35.1 Å². The molecule has 1 aromatic carbocycles. The van der Waals surface area contributed by atoms with Crippen molar-refractivity contribution in [2.75, 3.05) is 34.4 Å². The Morgan fingerprint density at radius 3 is 2.33 bits per heavy atom. The third-order valence-corrected chi connectivity index (χ3v) is 5.29. The first-order valence-corrected chi connectivity index (χ1v) is 9.82. The lowest BCUT2D eigenvalue weighted by atomic mass is 9.96. The molecule has 3 aromatic rings. The van der Waals surface area contributed by atoms with Gasteiger partial charge in [-0.2, -0.15) is 0 Å². The molecule has 0 bridgehead atoms. The summed E-state index contributed by atoms with van der Waals surface area (Å²) in [5.41, 5.74) is 1.71. The summed E-state index contributed by atoms with van der Waals surface area (Å²) in [5, 5.41) is 8.37. The molecule has 0 radical (unpaired) electrons. The van der Waals surface area contributed by atoms with Gasteiger partial charge in [0.1, 0.15) is 5.69 Å². The summed E-state index contributed by atoms with van der Waals surface area (Å²) in [6, 6.07) is 4.00. The maximum Gasteiger partial charge on any atom is 0.267 e. The Bertz CT molecular complexity index is 946. The number of aromatic nitrogens is 4. The Kier molecular flexibility index (Phi) is 6.08. The molecular formula is C21H25N5O4. The van der Waals surface area contributed by atoms with E-state index in [1.54, 1.807) is 39.9 Å². The van der Waals surface area contributed by atoms with Crippen molar-refractivity contribution in [1.82, 2.24) is 25.1 Å². The van der Waals surface area contributed by atoms with Crippen LogP contribution in [0, 0.1) is 0 Å². The standard InChI is InChI=1S/C21H25N5O4/c1-27-17-10-14(11-18(28-2)19(17)29-3)13-26-8-4-15(5-9-26)20-24-25-21(30-20)16-12-22-6-7-23-16/h6-7,10-12,15H,4-5,8-9,13H2,1-3H3. The first kappa shape index (κ1) is 20.1. The Hall–Kier alpha value is -3.20. The van der Waals surface area contributed by atoms with Crippen molar-refractivity contribution in [3.05, 3.63) is 42.2 Å². The molecule has 0 aliphatic carbocycles. The molecule has 1 saturated heterocycles. The number of hydrogen-bond donors (Lipinski definition) is 0. The number of rotatable bonds is 7. The van der Waals surface area contributed by atoms with E-state index < -0.39 is 0 Å². The van der Waals surface area contributed by atoms with Gasteiger partial charge in [0.25, 0.3) is 5.89 Å². The molecule has 0 spiro atoms. The normalized spacial score (nSPS) is 15.2. The zero-order valence-corrected chi connectivity index (χ0v) is 17.4. The third-order valence-electron chi connectivity index (χ3n) is 5.29. The highest BCUT2D eigenvalue weighted by Gasteiger charge is 2.26. The second-order valence-electron chi connectivity index (χ2n) is 7.12. The molecule has 0 saturated carbocycles. The zero-order chi connectivity index (χ0) is 20.9. The predicted molar refractivity (Wildman–Crippen MR) is 109 cm³/mol. The van der Waals surface area contributed by atoms with Crippen LogP contribution in [0.4, 0.5) is 0 Å². The van der Waals surface area contributed by atoms with E-state index in [1.165, 1.54) is 0 Å². The molecule has 4 rings (SSSR count).